The number of carbonyl (C=O) groups is 2. The maximum absolute atomic E-state index is 12.9. The predicted molar refractivity (Wildman–Crippen MR) is 108 cm³/mol. The molecule has 1 aliphatic rings. The number of nitrogens with zero attached hydrogens (tertiary/aromatic N) is 3. The fourth-order valence-corrected chi connectivity index (χ4v) is 3.29. The minimum atomic E-state index is -4.86. The molecule has 13 heteroatoms. The first-order valence-electron chi connectivity index (χ1n) is 9.52. The number of hydrogen-bond acceptors (Lipinski definition) is 7. The maximum Gasteiger partial charge on any atom is 0.428 e. The van der Waals surface area contributed by atoms with Crippen molar-refractivity contribution in [1.82, 2.24) is 14.9 Å². The molecule has 2 heterocycles. The number of ether oxygens (including phenoxy) is 1. The Morgan fingerprint density at radius 1 is 1.25 bits per heavy atom. The molecule has 2 atom stereocenters. The summed E-state index contributed by atoms with van der Waals surface area (Å²) in [4.78, 5) is 33.3. The van der Waals surface area contributed by atoms with Gasteiger partial charge in [0.2, 0.25) is 12.1 Å². The molecular formula is C19H21F3N6O4. The lowest BCUT2D eigenvalue weighted by molar-refractivity contribution is -0.251. The molecule has 10 nitrogen and oxygen atoms in total. The zero-order chi connectivity index (χ0) is 23.3. The molecule has 172 valence electrons. The number of benzene rings is 1. The first kappa shape index (κ1) is 23.2. The minimum absolute atomic E-state index is 0.0588. The topological polar surface area (TPSA) is 129 Å². The van der Waals surface area contributed by atoms with E-state index in [0.717, 1.165) is 0 Å². The molecule has 1 fully saturated rings. The van der Waals surface area contributed by atoms with E-state index in [1.807, 2.05) is 0 Å². The maximum atomic E-state index is 12.9. The van der Waals surface area contributed by atoms with Crippen molar-refractivity contribution in [2.24, 2.45) is 0 Å². The van der Waals surface area contributed by atoms with Gasteiger partial charge in [0.05, 0.1) is 25.0 Å². The third kappa shape index (κ3) is 5.62. The Morgan fingerprint density at radius 3 is 2.69 bits per heavy atom. The van der Waals surface area contributed by atoms with Crippen molar-refractivity contribution in [2.45, 2.75) is 31.3 Å². The van der Waals surface area contributed by atoms with Crippen LogP contribution in [0.2, 0.25) is 0 Å². The van der Waals surface area contributed by atoms with Gasteiger partial charge < -0.3 is 20.5 Å². The number of aliphatic hydroxyl groups excluding tert-OH is 1. The summed E-state index contributed by atoms with van der Waals surface area (Å²) in [7, 11) is 1.38. The van der Waals surface area contributed by atoms with Gasteiger partial charge in [-0.2, -0.15) is 13.2 Å². The highest BCUT2D eigenvalue weighted by atomic mass is 19.4. The van der Waals surface area contributed by atoms with Gasteiger partial charge in [0.25, 0.3) is 0 Å². The molecule has 0 saturated carbocycles. The molecule has 1 aromatic heterocycles. The van der Waals surface area contributed by atoms with Gasteiger partial charge in [-0.25, -0.2) is 9.78 Å². The average molecular weight is 454 g/mol. The zero-order valence-electron chi connectivity index (χ0n) is 16.9. The van der Waals surface area contributed by atoms with Crippen LogP contribution in [-0.2, 0) is 4.79 Å². The van der Waals surface area contributed by atoms with Crippen molar-refractivity contribution in [3.05, 3.63) is 36.8 Å². The van der Waals surface area contributed by atoms with E-state index in [4.69, 9.17) is 4.74 Å². The molecule has 32 heavy (non-hydrogen) atoms. The molecule has 1 aromatic carbocycles. The largest absolute Gasteiger partial charge is 0.495 e. The number of urea groups is 1. The molecule has 1 saturated heterocycles. The number of nitrogens with one attached hydrogen (secondary N) is 3. The van der Waals surface area contributed by atoms with Gasteiger partial charge in [-0.05, 0) is 31.0 Å². The fraction of sp³-hybridized carbons (Fsp3) is 0.368. The summed E-state index contributed by atoms with van der Waals surface area (Å²) >= 11 is 0. The SMILES string of the molecule is COc1ccc(NC(=O)C2CCCN2C(O)C(F)(F)F)cc1NC(=O)Nc1cnccn1. The number of carbonyl (C=O) groups excluding carboxylic acids is 2. The van der Waals surface area contributed by atoms with Crippen LogP contribution in [0.1, 0.15) is 12.8 Å². The highest BCUT2D eigenvalue weighted by molar-refractivity contribution is 6.01. The monoisotopic (exact) mass is 454 g/mol. The lowest BCUT2D eigenvalue weighted by atomic mass is 10.2. The number of amides is 3. The van der Waals surface area contributed by atoms with E-state index < -0.39 is 30.4 Å². The van der Waals surface area contributed by atoms with E-state index in [9.17, 15) is 27.9 Å². The third-order valence-electron chi connectivity index (χ3n) is 4.72. The molecule has 4 N–H and O–H groups in total. The number of methoxy groups -OCH3 is 1. The molecule has 0 bridgehead atoms. The molecule has 3 amide bonds. The van der Waals surface area contributed by atoms with Gasteiger partial charge in [-0.15, -0.1) is 0 Å². The van der Waals surface area contributed by atoms with Gasteiger partial charge >= 0.3 is 12.2 Å². The van der Waals surface area contributed by atoms with Gasteiger partial charge in [0, 0.05) is 24.6 Å². The lowest BCUT2D eigenvalue weighted by Crippen LogP contribution is -2.51. The lowest BCUT2D eigenvalue weighted by Gasteiger charge is -2.29. The molecular weight excluding hydrogens is 433 g/mol. The molecule has 0 radical (unpaired) electrons. The molecule has 2 unspecified atom stereocenters. The number of likely N-dealkylation sites (tertiary alicyclic amines) is 1. The quantitative estimate of drug-likeness (QED) is 0.528. The second-order valence-electron chi connectivity index (χ2n) is 6.89. The molecule has 0 spiro atoms. The van der Waals surface area contributed by atoms with Crippen LogP contribution >= 0.6 is 0 Å². The minimum Gasteiger partial charge on any atom is -0.495 e. The van der Waals surface area contributed by atoms with Crippen LogP contribution in [-0.4, -0.2) is 64.0 Å². The van der Waals surface area contributed by atoms with Crippen LogP contribution in [0.4, 0.5) is 35.2 Å². The van der Waals surface area contributed by atoms with Crippen LogP contribution in [0.5, 0.6) is 5.75 Å². The Hall–Kier alpha value is -3.45. The highest BCUT2D eigenvalue weighted by Gasteiger charge is 2.47. The van der Waals surface area contributed by atoms with E-state index in [2.05, 4.69) is 25.9 Å². The van der Waals surface area contributed by atoms with E-state index in [0.29, 0.717) is 11.3 Å². The first-order valence-corrected chi connectivity index (χ1v) is 9.52. The Balaban J connectivity index is 1.70. The van der Waals surface area contributed by atoms with E-state index in [1.54, 1.807) is 0 Å². The number of halogens is 3. The van der Waals surface area contributed by atoms with Crippen molar-refractivity contribution in [3.8, 4) is 5.75 Å². The summed E-state index contributed by atoms with van der Waals surface area (Å²) in [6.07, 6.45) is -2.90. The Labute approximate surface area is 180 Å². The van der Waals surface area contributed by atoms with Crippen LogP contribution in [0.25, 0.3) is 0 Å². The Bertz CT molecular complexity index is 960. The van der Waals surface area contributed by atoms with Crippen molar-refractivity contribution in [3.63, 3.8) is 0 Å². The number of rotatable bonds is 6. The fourth-order valence-electron chi connectivity index (χ4n) is 3.29. The normalized spacial score (nSPS) is 17.5. The predicted octanol–water partition coefficient (Wildman–Crippen LogP) is 2.41. The summed E-state index contributed by atoms with van der Waals surface area (Å²) in [6, 6.07) is 2.55. The highest BCUT2D eigenvalue weighted by Crippen LogP contribution is 2.31. The number of aliphatic hydroxyl groups is 1. The number of aromatic nitrogens is 2. The van der Waals surface area contributed by atoms with Crippen LogP contribution < -0.4 is 20.7 Å². The molecule has 3 rings (SSSR count). The number of hydrogen-bond donors (Lipinski definition) is 4. The summed E-state index contributed by atoms with van der Waals surface area (Å²) in [6.45, 7) is -0.0588. The number of alkyl halides is 3. The summed E-state index contributed by atoms with van der Waals surface area (Å²) in [5.41, 5.74) is 0.421. The van der Waals surface area contributed by atoms with Gasteiger partial charge in [-0.1, -0.05) is 0 Å². The van der Waals surface area contributed by atoms with E-state index >= 15 is 0 Å². The molecule has 0 aliphatic carbocycles. The van der Waals surface area contributed by atoms with Crippen molar-refractivity contribution >= 4 is 29.1 Å². The smallest absolute Gasteiger partial charge is 0.428 e. The first-order chi connectivity index (χ1) is 15.2. The van der Waals surface area contributed by atoms with Crippen LogP contribution in [0.3, 0.4) is 0 Å². The summed E-state index contributed by atoms with van der Waals surface area (Å²) in [5, 5.41) is 17.1. The zero-order valence-corrected chi connectivity index (χ0v) is 16.9. The average Bonchev–Trinajstić information content (AvgIpc) is 3.23. The summed E-state index contributed by atoms with van der Waals surface area (Å²) < 4.78 is 43.9. The second kappa shape index (κ2) is 9.78. The van der Waals surface area contributed by atoms with Crippen LogP contribution in [0, 0.1) is 0 Å². The number of anilines is 3. The standard InChI is InChI=1S/C19H21F3N6O4/c1-32-14-5-4-11(9-12(14)26-18(31)27-15-10-23-6-7-24-15)25-16(29)13-3-2-8-28(13)17(30)19(20,21)22/h4-7,9-10,13,17,30H,2-3,8H2,1H3,(H,25,29)(H2,24,26,27,31). The Morgan fingerprint density at radius 2 is 2.03 bits per heavy atom. The van der Waals surface area contributed by atoms with E-state index in [1.165, 1.54) is 43.9 Å². The Kier molecular flexibility index (Phi) is 7.10. The van der Waals surface area contributed by atoms with Crippen LogP contribution in [0.15, 0.2) is 36.8 Å². The third-order valence-corrected chi connectivity index (χ3v) is 4.72. The second-order valence-corrected chi connectivity index (χ2v) is 6.89. The van der Waals surface area contributed by atoms with Gasteiger partial charge in [0.15, 0.2) is 5.82 Å². The molecule has 2 aromatic rings. The van der Waals surface area contributed by atoms with Gasteiger partial charge in [-0.3, -0.25) is 20.0 Å². The van der Waals surface area contributed by atoms with Gasteiger partial charge in [0.1, 0.15) is 5.75 Å². The van der Waals surface area contributed by atoms with E-state index in [-0.39, 0.29) is 35.9 Å². The van der Waals surface area contributed by atoms with Crippen molar-refractivity contribution in [1.29, 1.82) is 0 Å². The van der Waals surface area contributed by atoms with Crippen molar-refractivity contribution < 1.29 is 32.6 Å². The molecule has 1 aliphatic heterocycles. The summed E-state index contributed by atoms with van der Waals surface area (Å²) in [5.74, 6) is -0.212. The van der Waals surface area contributed by atoms with Crippen molar-refractivity contribution in [2.75, 3.05) is 29.6 Å².